The maximum Gasteiger partial charge on any atom is 0.335 e. The molecule has 21 heavy (non-hydrogen) atoms. The summed E-state index contributed by atoms with van der Waals surface area (Å²) in [4.78, 5) is 22.7. The number of carbonyl (C=O) groups excluding carboxylic acids is 1. The average molecular weight is 293 g/mol. The van der Waals surface area contributed by atoms with E-state index in [4.69, 9.17) is 9.84 Å². The van der Waals surface area contributed by atoms with Crippen molar-refractivity contribution >= 4 is 11.9 Å². The molecule has 0 heterocycles. The van der Waals surface area contributed by atoms with Crippen molar-refractivity contribution in [1.82, 2.24) is 5.32 Å². The minimum atomic E-state index is -0.985. The first-order chi connectivity index (χ1) is 9.99. The fourth-order valence-electron chi connectivity index (χ4n) is 2.14. The fraction of sp³-hybridized carbons (Fsp3) is 0.500. The molecule has 0 saturated heterocycles. The molecule has 0 aliphatic heterocycles. The molecule has 1 aromatic carbocycles. The molecule has 0 radical (unpaired) electrons. The molecule has 1 atom stereocenters. The van der Waals surface area contributed by atoms with Gasteiger partial charge in [0.15, 0.2) is 0 Å². The highest BCUT2D eigenvalue weighted by Crippen LogP contribution is 2.20. The van der Waals surface area contributed by atoms with Crippen molar-refractivity contribution in [3.63, 3.8) is 0 Å². The summed E-state index contributed by atoms with van der Waals surface area (Å²) in [6.45, 7) is 4.48. The SMILES string of the molecule is CCCC(C)C(=O)NCCc1ccc(C(=O)O)cc1OC. The highest BCUT2D eigenvalue weighted by atomic mass is 16.5. The van der Waals surface area contributed by atoms with Crippen LogP contribution in [-0.2, 0) is 11.2 Å². The maximum absolute atomic E-state index is 11.8. The standard InChI is InChI=1S/C16H23NO4/c1-4-5-11(2)15(18)17-9-8-12-6-7-13(16(19)20)10-14(12)21-3/h6-7,10-11H,4-5,8-9H2,1-3H3,(H,17,18)(H,19,20). The molecule has 0 bridgehead atoms. The molecule has 0 spiro atoms. The van der Waals surface area contributed by atoms with Gasteiger partial charge in [-0.05, 0) is 30.5 Å². The van der Waals surface area contributed by atoms with E-state index in [0.717, 1.165) is 18.4 Å². The molecule has 1 unspecified atom stereocenters. The zero-order valence-electron chi connectivity index (χ0n) is 12.8. The largest absolute Gasteiger partial charge is 0.496 e. The Hall–Kier alpha value is -2.04. The van der Waals surface area contributed by atoms with Crippen LogP contribution in [0.15, 0.2) is 18.2 Å². The number of amides is 1. The molecule has 5 heteroatoms. The third-order valence-electron chi connectivity index (χ3n) is 3.40. The van der Waals surface area contributed by atoms with E-state index in [9.17, 15) is 9.59 Å². The molecule has 0 aliphatic carbocycles. The number of methoxy groups -OCH3 is 1. The van der Waals surface area contributed by atoms with Gasteiger partial charge in [-0.15, -0.1) is 0 Å². The molecule has 0 fully saturated rings. The van der Waals surface area contributed by atoms with Gasteiger partial charge < -0.3 is 15.2 Å². The first-order valence-corrected chi connectivity index (χ1v) is 7.17. The van der Waals surface area contributed by atoms with Crippen LogP contribution in [-0.4, -0.2) is 30.6 Å². The summed E-state index contributed by atoms with van der Waals surface area (Å²) in [6.07, 6.45) is 2.47. The summed E-state index contributed by atoms with van der Waals surface area (Å²) in [5.41, 5.74) is 1.07. The number of ether oxygens (including phenoxy) is 1. The Balaban J connectivity index is 2.59. The van der Waals surface area contributed by atoms with E-state index in [0.29, 0.717) is 18.7 Å². The number of benzene rings is 1. The van der Waals surface area contributed by atoms with E-state index in [2.05, 4.69) is 12.2 Å². The van der Waals surface area contributed by atoms with Crippen molar-refractivity contribution in [2.75, 3.05) is 13.7 Å². The maximum atomic E-state index is 11.8. The molecule has 1 aromatic rings. The van der Waals surface area contributed by atoms with Gasteiger partial charge in [-0.1, -0.05) is 26.3 Å². The summed E-state index contributed by atoms with van der Waals surface area (Å²) in [6, 6.07) is 4.77. The quantitative estimate of drug-likeness (QED) is 0.772. The highest BCUT2D eigenvalue weighted by Gasteiger charge is 2.12. The van der Waals surface area contributed by atoms with Gasteiger partial charge in [0.1, 0.15) is 5.75 Å². The van der Waals surface area contributed by atoms with Crippen molar-refractivity contribution < 1.29 is 19.4 Å². The Kier molecular flexibility index (Phi) is 6.72. The number of aromatic carboxylic acids is 1. The zero-order chi connectivity index (χ0) is 15.8. The van der Waals surface area contributed by atoms with E-state index >= 15 is 0 Å². The predicted octanol–water partition coefficient (Wildman–Crippen LogP) is 2.49. The van der Waals surface area contributed by atoms with Crippen LogP contribution in [0.5, 0.6) is 5.75 Å². The van der Waals surface area contributed by atoms with Crippen LogP contribution in [0.1, 0.15) is 42.6 Å². The normalized spacial score (nSPS) is 11.8. The second kappa shape index (κ2) is 8.29. The minimum Gasteiger partial charge on any atom is -0.496 e. The number of hydrogen-bond donors (Lipinski definition) is 2. The van der Waals surface area contributed by atoms with Crippen molar-refractivity contribution in [3.05, 3.63) is 29.3 Å². The van der Waals surface area contributed by atoms with Crippen LogP contribution in [0.2, 0.25) is 0 Å². The van der Waals surface area contributed by atoms with Crippen molar-refractivity contribution in [1.29, 1.82) is 0 Å². The summed E-state index contributed by atoms with van der Waals surface area (Å²) in [5.74, 6) is -0.378. The van der Waals surface area contributed by atoms with E-state index in [1.165, 1.54) is 13.2 Å². The van der Waals surface area contributed by atoms with Crippen molar-refractivity contribution in [3.8, 4) is 5.75 Å². The zero-order valence-corrected chi connectivity index (χ0v) is 12.8. The molecular formula is C16H23NO4. The molecular weight excluding hydrogens is 270 g/mol. The highest BCUT2D eigenvalue weighted by molar-refractivity contribution is 5.88. The molecule has 2 N–H and O–H groups in total. The van der Waals surface area contributed by atoms with Crippen LogP contribution in [0.25, 0.3) is 0 Å². The van der Waals surface area contributed by atoms with E-state index in [1.807, 2.05) is 6.92 Å². The first kappa shape index (κ1) is 17.0. The Morgan fingerprint density at radius 1 is 1.38 bits per heavy atom. The van der Waals surface area contributed by atoms with Gasteiger partial charge in [0.05, 0.1) is 12.7 Å². The van der Waals surface area contributed by atoms with Crippen LogP contribution in [0, 0.1) is 5.92 Å². The number of carbonyl (C=O) groups is 2. The molecule has 116 valence electrons. The van der Waals surface area contributed by atoms with E-state index < -0.39 is 5.97 Å². The topological polar surface area (TPSA) is 75.6 Å². The summed E-state index contributed by atoms with van der Waals surface area (Å²) in [7, 11) is 1.51. The van der Waals surface area contributed by atoms with Crippen LogP contribution >= 0.6 is 0 Å². The van der Waals surface area contributed by atoms with Gasteiger partial charge >= 0.3 is 5.97 Å². The predicted molar refractivity (Wildman–Crippen MR) is 80.7 cm³/mol. The molecule has 0 aromatic heterocycles. The van der Waals surface area contributed by atoms with Gasteiger partial charge in [-0.3, -0.25) is 4.79 Å². The molecule has 0 aliphatic rings. The molecule has 1 rings (SSSR count). The van der Waals surface area contributed by atoms with Crippen LogP contribution < -0.4 is 10.1 Å². The first-order valence-electron chi connectivity index (χ1n) is 7.17. The van der Waals surface area contributed by atoms with Gasteiger partial charge in [0.25, 0.3) is 0 Å². The van der Waals surface area contributed by atoms with Gasteiger partial charge in [-0.2, -0.15) is 0 Å². The number of carboxylic acid groups (broad SMARTS) is 1. The molecule has 0 saturated carbocycles. The number of hydrogen-bond acceptors (Lipinski definition) is 3. The second-order valence-corrected chi connectivity index (χ2v) is 5.06. The van der Waals surface area contributed by atoms with E-state index in [1.54, 1.807) is 12.1 Å². The monoisotopic (exact) mass is 293 g/mol. The van der Waals surface area contributed by atoms with Gasteiger partial charge in [-0.25, -0.2) is 4.79 Å². The average Bonchev–Trinajstić information content (AvgIpc) is 2.47. The van der Waals surface area contributed by atoms with Crippen molar-refractivity contribution in [2.45, 2.75) is 33.1 Å². The minimum absolute atomic E-state index is 0.0197. The summed E-state index contributed by atoms with van der Waals surface area (Å²) < 4.78 is 5.20. The van der Waals surface area contributed by atoms with Crippen LogP contribution in [0.3, 0.4) is 0 Å². The number of nitrogens with one attached hydrogen (secondary N) is 1. The Bertz CT molecular complexity index is 499. The fourth-order valence-corrected chi connectivity index (χ4v) is 2.14. The third-order valence-corrected chi connectivity index (χ3v) is 3.40. The van der Waals surface area contributed by atoms with E-state index in [-0.39, 0.29) is 17.4 Å². The lowest BCUT2D eigenvalue weighted by molar-refractivity contribution is -0.124. The lowest BCUT2D eigenvalue weighted by atomic mass is 10.0. The van der Waals surface area contributed by atoms with Gasteiger partial charge in [0.2, 0.25) is 5.91 Å². The summed E-state index contributed by atoms with van der Waals surface area (Å²) >= 11 is 0. The Morgan fingerprint density at radius 2 is 2.10 bits per heavy atom. The smallest absolute Gasteiger partial charge is 0.335 e. The lowest BCUT2D eigenvalue weighted by Crippen LogP contribution is -2.30. The number of rotatable bonds is 8. The van der Waals surface area contributed by atoms with Crippen molar-refractivity contribution in [2.24, 2.45) is 5.92 Å². The summed E-state index contributed by atoms with van der Waals surface area (Å²) in [5, 5.41) is 11.8. The van der Waals surface area contributed by atoms with Crippen LogP contribution in [0.4, 0.5) is 0 Å². The number of carboxylic acids is 1. The van der Waals surface area contributed by atoms with Gasteiger partial charge in [0, 0.05) is 12.5 Å². The molecule has 5 nitrogen and oxygen atoms in total. The molecule has 1 amide bonds. The second-order valence-electron chi connectivity index (χ2n) is 5.06. The Labute approximate surface area is 125 Å². The lowest BCUT2D eigenvalue weighted by Gasteiger charge is -2.13. The Morgan fingerprint density at radius 3 is 2.67 bits per heavy atom. The third kappa shape index (κ3) is 5.10.